The number of carbonyl (C=O) groups is 1. The summed E-state index contributed by atoms with van der Waals surface area (Å²) in [6, 6.07) is 0. The standard InChI is InChI=1S/CH3O6P.2Li.2H/c2-1(3)7-8(4,5)6;;;;/h(H,2,3)(H2,4,5,6);;;;. The third kappa shape index (κ3) is 15.8. The molecule has 0 saturated heterocycles. The van der Waals surface area contributed by atoms with Gasteiger partial charge in [-0.2, -0.15) is 0 Å². The van der Waals surface area contributed by atoms with E-state index in [9.17, 15) is 9.36 Å². The number of phosphoric acid groups is 1. The van der Waals surface area contributed by atoms with Crippen LogP contribution in [0.1, 0.15) is 0 Å². The van der Waals surface area contributed by atoms with Crippen LogP contribution in [-0.2, 0) is 9.09 Å². The molecule has 0 aromatic carbocycles. The molecular weight excluding hydrogens is 153 g/mol. The van der Waals surface area contributed by atoms with Crippen molar-refractivity contribution < 1.29 is 28.8 Å². The van der Waals surface area contributed by atoms with Crippen molar-refractivity contribution in [2.45, 2.75) is 0 Å². The van der Waals surface area contributed by atoms with Crippen molar-refractivity contribution in [1.82, 2.24) is 0 Å². The summed E-state index contributed by atoms with van der Waals surface area (Å²) in [7, 11) is -4.82. The Kier molecular flexibility index (Phi) is 10.7. The molecule has 0 fully saturated rings. The first-order chi connectivity index (χ1) is 3.42. The molecule has 0 unspecified atom stereocenters. The van der Waals surface area contributed by atoms with E-state index in [-0.39, 0.29) is 37.7 Å². The van der Waals surface area contributed by atoms with Crippen molar-refractivity contribution in [3.05, 3.63) is 0 Å². The summed E-state index contributed by atoms with van der Waals surface area (Å²) < 4.78 is 12.6. The average molecular weight is 158 g/mol. The van der Waals surface area contributed by atoms with Crippen LogP contribution in [0.3, 0.4) is 0 Å². The Balaban J connectivity index is -0.000000245. The molecule has 0 aliphatic carbocycles. The van der Waals surface area contributed by atoms with Gasteiger partial charge in [-0.15, -0.1) is 0 Å². The first-order valence-corrected chi connectivity index (χ1v) is 2.93. The number of hydrogen-bond donors (Lipinski definition) is 3. The van der Waals surface area contributed by atoms with Crippen molar-refractivity contribution in [3.63, 3.8) is 0 Å². The first kappa shape index (κ1) is 16.9. The van der Waals surface area contributed by atoms with E-state index in [2.05, 4.69) is 4.52 Å². The molecule has 0 spiro atoms. The topological polar surface area (TPSA) is 104 Å². The molecule has 0 aromatic rings. The molecular formula is CH5Li2O6P. The summed E-state index contributed by atoms with van der Waals surface area (Å²) in [6.07, 6.45) is -1.99. The molecule has 0 amide bonds. The molecule has 52 valence electrons. The van der Waals surface area contributed by atoms with Gasteiger partial charge in [0.1, 0.15) is 0 Å². The van der Waals surface area contributed by atoms with Crippen molar-refractivity contribution in [2.24, 2.45) is 0 Å². The van der Waals surface area contributed by atoms with Gasteiger partial charge >= 0.3 is 51.7 Å². The monoisotopic (exact) mass is 158 g/mol. The molecule has 0 aromatic heterocycles. The zero-order chi connectivity index (χ0) is 6.78. The zero-order valence-corrected chi connectivity index (χ0v) is 4.41. The zero-order valence-electron chi connectivity index (χ0n) is 3.51. The minimum absolute atomic E-state index is 0. The molecule has 0 rings (SSSR count). The summed E-state index contributed by atoms with van der Waals surface area (Å²) in [5, 5.41) is 7.53. The van der Waals surface area contributed by atoms with Crippen LogP contribution in [0.2, 0.25) is 0 Å². The fraction of sp³-hybridized carbons (Fsp3) is 0. The minimum atomic E-state index is -4.82. The van der Waals surface area contributed by atoms with E-state index in [1.54, 1.807) is 0 Å². The van der Waals surface area contributed by atoms with Gasteiger partial charge in [-0.05, 0) is 0 Å². The van der Waals surface area contributed by atoms with Crippen molar-refractivity contribution in [3.8, 4) is 0 Å². The van der Waals surface area contributed by atoms with Gasteiger partial charge < -0.3 is 9.63 Å². The number of rotatable bonds is 1. The van der Waals surface area contributed by atoms with Crippen LogP contribution in [0, 0.1) is 0 Å². The van der Waals surface area contributed by atoms with Crippen molar-refractivity contribution >= 4 is 51.7 Å². The fourth-order valence-electron chi connectivity index (χ4n) is 0.102. The van der Waals surface area contributed by atoms with E-state index in [1.165, 1.54) is 0 Å². The molecule has 0 aliphatic heterocycles. The summed E-state index contributed by atoms with van der Waals surface area (Å²) in [5.74, 6) is 0. The van der Waals surface area contributed by atoms with E-state index >= 15 is 0 Å². The average Bonchev–Trinajstić information content (AvgIpc) is 1.21. The third-order valence-electron chi connectivity index (χ3n) is 0.197. The summed E-state index contributed by atoms with van der Waals surface area (Å²) in [4.78, 5) is 24.7. The molecule has 3 N–H and O–H groups in total. The van der Waals surface area contributed by atoms with Gasteiger partial charge in [0.05, 0.1) is 0 Å². The van der Waals surface area contributed by atoms with Crippen LogP contribution in [-0.4, -0.2) is 58.8 Å². The molecule has 0 heterocycles. The van der Waals surface area contributed by atoms with E-state index in [1.807, 2.05) is 0 Å². The van der Waals surface area contributed by atoms with Crippen LogP contribution in [0.15, 0.2) is 0 Å². The molecule has 0 atom stereocenters. The summed E-state index contributed by atoms with van der Waals surface area (Å²) >= 11 is 0. The van der Waals surface area contributed by atoms with Gasteiger partial charge in [-0.1, -0.05) is 0 Å². The number of carboxylic acid groups (broad SMARTS) is 1. The Labute approximate surface area is 80.5 Å². The number of phosphoric ester groups is 1. The van der Waals surface area contributed by atoms with E-state index in [0.29, 0.717) is 0 Å². The van der Waals surface area contributed by atoms with Crippen LogP contribution >= 0.6 is 7.82 Å². The molecule has 0 aliphatic rings. The van der Waals surface area contributed by atoms with Crippen LogP contribution in [0.4, 0.5) is 4.79 Å². The summed E-state index contributed by atoms with van der Waals surface area (Å²) in [5.41, 5.74) is 0. The maximum atomic E-state index is 9.53. The Morgan fingerprint density at radius 1 is 1.30 bits per heavy atom. The van der Waals surface area contributed by atoms with E-state index in [0.717, 1.165) is 0 Å². The first-order valence-electron chi connectivity index (χ1n) is 1.40. The summed E-state index contributed by atoms with van der Waals surface area (Å²) in [6.45, 7) is 0. The van der Waals surface area contributed by atoms with Gasteiger partial charge in [-0.25, -0.2) is 9.36 Å². The normalized spacial score (nSPS) is 8.60. The second-order valence-electron chi connectivity index (χ2n) is 0.848. The predicted octanol–water partition coefficient (Wildman–Crippen LogP) is -1.52. The Morgan fingerprint density at radius 2 is 1.60 bits per heavy atom. The maximum absolute atomic E-state index is 9.53. The van der Waals surface area contributed by atoms with Crippen LogP contribution in [0.5, 0.6) is 0 Å². The second-order valence-corrected chi connectivity index (χ2v) is 2.01. The van der Waals surface area contributed by atoms with Gasteiger partial charge in [0.25, 0.3) is 0 Å². The van der Waals surface area contributed by atoms with E-state index in [4.69, 9.17) is 14.9 Å². The Morgan fingerprint density at radius 3 is 1.60 bits per heavy atom. The third-order valence-corrected chi connectivity index (χ3v) is 0.591. The molecule has 0 radical (unpaired) electrons. The van der Waals surface area contributed by atoms with E-state index < -0.39 is 14.0 Å². The Hall–Kier alpha value is 0.615. The van der Waals surface area contributed by atoms with Crippen molar-refractivity contribution in [2.75, 3.05) is 0 Å². The van der Waals surface area contributed by atoms with Crippen LogP contribution in [0.25, 0.3) is 0 Å². The quantitative estimate of drug-likeness (QED) is 0.316. The SMILES string of the molecule is O=C(O)OP(=O)(O)O.[LiH].[LiH]. The van der Waals surface area contributed by atoms with Crippen LogP contribution < -0.4 is 0 Å². The Bertz CT molecular complexity index is 139. The fourth-order valence-corrected chi connectivity index (χ4v) is 0.305. The van der Waals surface area contributed by atoms with Gasteiger partial charge in [0.2, 0.25) is 0 Å². The second kappa shape index (κ2) is 6.33. The van der Waals surface area contributed by atoms with Crippen molar-refractivity contribution in [1.29, 1.82) is 0 Å². The van der Waals surface area contributed by atoms with Gasteiger partial charge in [-0.3, -0.25) is 9.79 Å². The molecule has 0 bridgehead atoms. The molecule has 9 heteroatoms. The number of hydrogen-bond acceptors (Lipinski definition) is 3. The molecule has 6 nitrogen and oxygen atoms in total. The van der Waals surface area contributed by atoms with Gasteiger partial charge in [0.15, 0.2) is 0 Å². The van der Waals surface area contributed by atoms with Gasteiger partial charge in [0, 0.05) is 0 Å². The predicted molar refractivity (Wildman–Crippen MR) is 35.5 cm³/mol. The molecule has 0 saturated carbocycles. The molecule has 10 heavy (non-hydrogen) atoms.